The number of fused-ring (bicyclic) bond motifs is 1. The van der Waals surface area contributed by atoms with Crippen molar-refractivity contribution in [3.63, 3.8) is 0 Å². The van der Waals surface area contributed by atoms with Crippen molar-refractivity contribution in [2.24, 2.45) is 5.73 Å². The van der Waals surface area contributed by atoms with Gasteiger partial charge in [-0.15, -0.1) is 0 Å². The molecule has 0 spiro atoms. The van der Waals surface area contributed by atoms with Crippen LogP contribution in [-0.2, 0) is 5.75 Å². The number of nitrogens with one attached hydrogen (secondary N) is 2. The summed E-state index contributed by atoms with van der Waals surface area (Å²) in [4.78, 5) is 7.10. The van der Waals surface area contributed by atoms with Crippen molar-refractivity contribution in [3.05, 3.63) is 41.6 Å². The average molecular weight is 449 g/mol. The summed E-state index contributed by atoms with van der Waals surface area (Å²) in [5.74, 6) is 2.48. The highest BCUT2D eigenvalue weighted by Crippen LogP contribution is 2.32. The molecule has 5 rings (SSSR count). The third-order valence-electron chi connectivity index (χ3n) is 5.97. The van der Waals surface area contributed by atoms with Crippen molar-refractivity contribution in [1.29, 1.82) is 5.26 Å². The highest BCUT2D eigenvalue weighted by atomic mass is 32.2. The van der Waals surface area contributed by atoms with Crippen LogP contribution in [0.15, 0.2) is 30.5 Å². The zero-order valence-corrected chi connectivity index (χ0v) is 19.0. The lowest BCUT2D eigenvalue weighted by Crippen LogP contribution is -2.43. The third kappa shape index (κ3) is 4.33. The summed E-state index contributed by atoms with van der Waals surface area (Å²) in [6.45, 7) is 1.95. The Hall–Kier alpha value is -2.96. The molecular weight excluding hydrogens is 420 g/mol. The fourth-order valence-electron chi connectivity index (χ4n) is 4.26. The SMILES string of the molecule is CSCc1cc(Nc2cc(NC3CC3)n3ncc(C#N)c3n2)ccc1N1CCCC(N)C1. The quantitative estimate of drug-likeness (QED) is 0.502. The van der Waals surface area contributed by atoms with Crippen LogP contribution >= 0.6 is 11.8 Å². The summed E-state index contributed by atoms with van der Waals surface area (Å²) in [7, 11) is 0. The van der Waals surface area contributed by atoms with Gasteiger partial charge >= 0.3 is 0 Å². The first kappa shape index (κ1) is 20.9. The van der Waals surface area contributed by atoms with Gasteiger partial charge in [-0.1, -0.05) is 0 Å². The summed E-state index contributed by atoms with van der Waals surface area (Å²) < 4.78 is 1.71. The van der Waals surface area contributed by atoms with Crippen molar-refractivity contribution in [1.82, 2.24) is 14.6 Å². The van der Waals surface area contributed by atoms with Crippen LogP contribution < -0.4 is 21.3 Å². The number of anilines is 4. The standard InChI is InChI=1S/C23H28N8S/c1-32-14-15-9-19(6-7-20(15)30-8-2-3-17(25)13-30)27-21-10-22(28-18-4-5-18)31-23(29-21)16(11-24)12-26-31/h6-7,9-10,12,17-18,28H,2-5,8,13-14,25H2,1H3,(H,27,29). The van der Waals surface area contributed by atoms with Gasteiger partial charge in [0.15, 0.2) is 5.65 Å². The van der Waals surface area contributed by atoms with E-state index < -0.39 is 0 Å². The highest BCUT2D eigenvalue weighted by Gasteiger charge is 2.23. The molecule has 8 nitrogen and oxygen atoms in total. The molecular formula is C23H28N8S. The van der Waals surface area contributed by atoms with Crippen LogP contribution in [0, 0.1) is 11.3 Å². The number of hydrogen-bond acceptors (Lipinski definition) is 8. The molecule has 4 N–H and O–H groups in total. The van der Waals surface area contributed by atoms with E-state index in [0.29, 0.717) is 23.1 Å². The molecule has 9 heteroatoms. The number of nitrogens with zero attached hydrogens (tertiary/aromatic N) is 5. The maximum Gasteiger partial charge on any atom is 0.177 e. The van der Waals surface area contributed by atoms with Gasteiger partial charge in [-0.05, 0) is 55.7 Å². The molecule has 0 amide bonds. The Morgan fingerprint density at radius 2 is 2.16 bits per heavy atom. The smallest absolute Gasteiger partial charge is 0.177 e. The maximum absolute atomic E-state index is 9.46. The number of rotatable bonds is 7. The Balaban J connectivity index is 1.46. The van der Waals surface area contributed by atoms with Crippen LogP contribution in [0.5, 0.6) is 0 Å². The van der Waals surface area contributed by atoms with Gasteiger partial charge < -0.3 is 21.3 Å². The first-order chi connectivity index (χ1) is 15.6. The maximum atomic E-state index is 9.46. The lowest BCUT2D eigenvalue weighted by Gasteiger charge is -2.34. The number of thioether (sulfide) groups is 1. The number of piperidine rings is 1. The van der Waals surface area contributed by atoms with E-state index in [1.54, 1.807) is 10.7 Å². The van der Waals surface area contributed by atoms with Gasteiger partial charge in [-0.2, -0.15) is 26.6 Å². The Bertz CT molecular complexity index is 1160. The Morgan fingerprint density at radius 1 is 1.28 bits per heavy atom. The van der Waals surface area contributed by atoms with Crippen LogP contribution in [0.1, 0.15) is 36.8 Å². The number of aromatic nitrogens is 3. The number of benzene rings is 1. The third-order valence-corrected chi connectivity index (χ3v) is 6.57. The lowest BCUT2D eigenvalue weighted by molar-refractivity contribution is 0.505. The summed E-state index contributed by atoms with van der Waals surface area (Å²) in [5, 5.41) is 20.8. The van der Waals surface area contributed by atoms with Crippen LogP contribution in [0.4, 0.5) is 23.0 Å². The van der Waals surface area contributed by atoms with E-state index in [2.05, 4.69) is 56.1 Å². The Kier molecular flexibility index (Phi) is 5.81. The van der Waals surface area contributed by atoms with Crippen LogP contribution in [0.2, 0.25) is 0 Å². The van der Waals surface area contributed by atoms with E-state index in [1.807, 2.05) is 17.8 Å². The molecule has 32 heavy (non-hydrogen) atoms. The molecule has 166 valence electrons. The molecule has 1 saturated heterocycles. The summed E-state index contributed by atoms with van der Waals surface area (Å²) in [6.07, 6.45) is 8.22. The minimum Gasteiger partial charge on any atom is -0.370 e. The van der Waals surface area contributed by atoms with Gasteiger partial charge in [0.1, 0.15) is 23.3 Å². The highest BCUT2D eigenvalue weighted by molar-refractivity contribution is 7.97. The average Bonchev–Trinajstić information content (AvgIpc) is 3.50. The first-order valence-corrected chi connectivity index (χ1v) is 12.5. The van der Waals surface area contributed by atoms with Crippen molar-refractivity contribution in [2.75, 3.05) is 34.9 Å². The number of nitriles is 1. The molecule has 1 aliphatic carbocycles. The number of hydrogen-bond donors (Lipinski definition) is 3. The second-order valence-corrected chi connectivity index (χ2v) is 9.47. The van der Waals surface area contributed by atoms with E-state index in [0.717, 1.165) is 56.0 Å². The lowest BCUT2D eigenvalue weighted by atomic mass is 10.0. The van der Waals surface area contributed by atoms with Crippen molar-refractivity contribution in [2.45, 2.75) is 43.5 Å². The van der Waals surface area contributed by atoms with E-state index in [-0.39, 0.29) is 6.04 Å². The van der Waals surface area contributed by atoms with E-state index in [4.69, 9.17) is 5.73 Å². The minimum absolute atomic E-state index is 0.238. The molecule has 1 atom stereocenters. The summed E-state index contributed by atoms with van der Waals surface area (Å²) in [6, 6.07) is 11.3. The predicted molar refractivity (Wildman–Crippen MR) is 131 cm³/mol. The van der Waals surface area contributed by atoms with E-state index >= 15 is 0 Å². The van der Waals surface area contributed by atoms with Crippen molar-refractivity contribution >= 4 is 40.4 Å². The molecule has 3 heterocycles. The van der Waals surface area contributed by atoms with Gasteiger partial charge in [-0.3, -0.25) is 0 Å². The van der Waals surface area contributed by atoms with Crippen molar-refractivity contribution in [3.8, 4) is 6.07 Å². The minimum atomic E-state index is 0.238. The fourth-order valence-corrected chi connectivity index (χ4v) is 4.81. The molecule has 1 saturated carbocycles. The second-order valence-electron chi connectivity index (χ2n) is 8.60. The Morgan fingerprint density at radius 3 is 2.91 bits per heavy atom. The van der Waals surface area contributed by atoms with Crippen LogP contribution in [-0.4, -0.2) is 46.0 Å². The second kappa shape index (κ2) is 8.88. The zero-order valence-electron chi connectivity index (χ0n) is 18.2. The molecule has 0 radical (unpaired) electrons. The molecule has 1 aromatic carbocycles. The molecule has 3 aromatic rings. The monoisotopic (exact) mass is 448 g/mol. The first-order valence-electron chi connectivity index (χ1n) is 11.1. The van der Waals surface area contributed by atoms with Gasteiger partial charge in [0, 0.05) is 48.4 Å². The summed E-state index contributed by atoms with van der Waals surface area (Å²) in [5.41, 5.74) is 10.8. The van der Waals surface area contributed by atoms with Crippen molar-refractivity contribution < 1.29 is 0 Å². The molecule has 0 bridgehead atoms. The van der Waals surface area contributed by atoms with Crippen LogP contribution in [0.25, 0.3) is 5.65 Å². The van der Waals surface area contributed by atoms with E-state index in [1.165, 1.54) is 11.3 Å². The van der Waals surface area contributed by atoms with Gasteiger partial charge in [0.05, 0.1) is 6.20 Å². The largest absolute Gasteiger partial charge is 0.370 e. The predicted octanol–water partition coefficient (Wildman–Crippen LogP) is 3.71. The molecule has 2 aromatic heterocycles. The van der Waals surface area contributed by atoms with Gasteiger partial charge in [-0.25, -0.2) is 4.98 Å². The van der Waals surface area contributed by atoms with E-state index in [9.17, 15) is 5.26 Å². The molecule has 1 unspecified atom stereocenters. The van der Waals surface area contributed by atoms with Gasteiger partial charge in [0.25, 0.3) is 0 Å². The molecule has 2 aliphatic rings. The fraction of sp³-hybridized carbons (Fsp3) is 0.435. The Labute approximate surface area is 192 Å². The normalized spacial score (nSPS) is 18.5. The van der Waals surface area contributed by atoms with Crippen LogP contribution in [0.3, 0.4) is 0 Å². The number of nitrogens with two attached hydrogens (primary N) is 1. The topological polar surface area (TPSA) is 107 Å². The summed E-state index contributed by atoms with van der Waals surface area (Å²) >= 11 is 1.81. The molecule has 1 aliphatic heterocycles. The zero-order chi connectivity index (χ0) is 22.1. The van der Waals surface area contributed by atoms with Gasteiger partial charge in [0.2, 0.25) is 0 Å². The molecule has 2 fully saturated rings.